The Morgan fingerprint density at radius 2 is 0.812 bits per heavy atom. The first-order valence-electron chi connectivity index (χ1n) is 11.1. The number of carbonyl (C=O) groups is 4. The summed E-state index contributed by atoms with van der Waals surface area (Å²) in [6, 6.07) is 0. The molecular weight excluding hydrogens is 420 g/mol. The average molecular weight is 459 g/mol. The van der Waals surface area contributed by atoms with Crippen LogP contribution < -0.4 is 0 Å². The van der Waals surface area contributed by atoms with E-state index in [0.717, 1.165) is 0 Å². The van der Waals surface area contributed by atoms with Crippen LogP contribution in [0, 0.1) is 11.8 Å². The fourth-order valence-corrected chi connectivity index (χ4v) is 3.52. The molecule has 1 saturated heterocycles. The molecule has 0 bridgehead atoms. The molecule has 1 rings (SSSR count). The summed E-state index contributed by atoms with van der Waals surface area (Å²) < 4.78 is 0. The lowest BCUT2D eigenvalue weighted by Crippen LogP contribution is -2.49. The number of carboxylic acid groups (broad SMARTS) is 3. The standard InChI is InChI=1S/C21H38N4O7/c1-16(2)17(3)18(26)12-22-4-6-23(13-19(27)28)8-10-25(15-21(31)32)11-9-24(7-5-22)14-20(29)30/h16-17H,4-15H2,1-3H3,(H,27,28)(H,29,30)(H,31,32). The van der Waals surface area contributed by atoms with E-state index in [0.29, 0.717) is 52.4 Å². The van der Waals surface area contributed by atoms with Crippen molar-refractivity contribution in [1.29, 1.82) is 0 Å². The topological polar surface area (TPSA) is 142 Å². The summed E-state index contributed by atoms with van der Waals surface area (Å²) in [5, 5.41) is 27.7. The van der Waals surface area contributed by atoms with E-state index in [4.69, 9.17) is 0 Å². The van der Waals surface area contributed by atoms with Crippen LogP contribution in [-0.4, -0.2) is 137 Å². The number of Topliss-reactive ketones (excluding diaryl/α,β-unsaturated/α-hetero) is 1. The number of nitrogens with zero attached hydrogens (tertiary/aromatic N) is 4. The van der Waals surface area contributed by atoms with E-state index < -0.39 is 17.9 Å². The molecule has 0 aromatic rings. The van der Waals surface area contributed by atoms with Crippen molar-refractivity contribution in [3.63, 3.8) is 0 Å². The number of hydrogen-bond acceptors (Lipinski definition) is 8. The Labute approximate surface area is 189 Å². The molecule has 0 spiro atoms. The minimum atomic E-state index is -0.990. The maximum absolute atomic E-state index is 12.7. The van der Waals surface area contributed by atoms with E-state index in [-0.39, 0.29) is 43.8 Å². The molecule has 1 aliphatic rings. The summed E-state index contributed by atoms with van der Waals surface area (Å²) in [4.78, 5) is 53.6. The lowest BCUT2D eigenvalue weighted by Gasteiger charge is -2.33. The summed E-state index contributed by atoms with van der Waals surface area (Å²) in [7, 11) is 0. The molecule has 32 heavy (non-hydrogen) atoms. The summed E-state index contributed by atoms with van der Waals surface area (Å²) in [5.41, 5.74) is 0. The van der Waals surface area contributed by atoms with Crippen LogP contribution in [0.15, 0.2) is 0 Å². The van der Waals surface area contributed by atoms with E-state index >= 15 is 0 Å². The van der Waals surface area contributed by atoms with Crippen LogP contribution in [0.2, 0.25) is 0 Å². The molecular formula is C21H38N4O7. The van der Waals surface area contributed by atoms with Gasteiger partial charge in [0, 0.05) is 58.3 Å². The predicted octanol–water partition coefficient (Wildman–Crippen LogP) is -0.677. The van der Waals surface area contributed by atoms with Gasteiger partial charge >= 0.3 is 17.9 Å². The normalized spacial score (nSPS) is 19.8. The highest BCUT2D eigenvalue weighted by atomic mass is 16.4. The van der Waals surface area contributed by atoms with E-state index in [1.54, 1.807) is 14.7 Å². The van der Waals surface area contributed by atoms with Crippen LogP contribution >= 0.6 is 0 Å². The largest absolute Gasteiger partial charge is 0.480 e. The smallest absolute Gasteiger partial charge is 0.317 e. The van der Waals surface area contributed by atoms with Gasteiger partial charge in [0.25, 0.3) is 0 Å². The van der Waals surface area contributed by atoms with Crippen LogP contribution in [0.3, 0.4) is 0 Å². The molecule has 0 aromatic heterocycles. The highest BCUT2D eigenvalue weighted by Gasteiger charge is 2.23. The van der Waals surface area contributed by atoms with Crippen LogP contribution in [-0.2, 0) is 19.2 Å². The van der Waals surface area contributed by atoms with Crippen molar-refractivity contribution < 1.29 is 34.5 Å². The Morgan fingerprint density at radius 1 is 0.562 bits per heavy atom. The van der Waals surface area contributed by atoms with E-state index in [1.165, 1.54) is 0 Å². The summed E-state index contributed by atoms with van der Waals surface area (Å²) >= 11 is 0. The molecule has 0 amide bonds. The van der Waals surface area contributed by atoms with Gasteiger partial charge in [0.1, 0.15) is 5.78 Å². The van der Waals surface area contributed by atoms with Gasteiger partial charge in [-0.25, -0.2) is 0 Å². The molecule has 1 unspecified atom stereocenters. The Kier molecular flexibility index (Phi) is 12.4. The predicted molar refractivity (Wildman–Crippen MR) is 118 cm³/mol. The monoisotopic (exact) mass is 458 g/mol. The lowest BCUT2D eigenvalue weighted by atomic mass is 9.93. The van der Waals surface area contributed by atoms with Gasteiger partial charge < -0.3 is 15.3 Å². The zero-order valence-corrected chi connectivity index (χ0v) is 19.4. The third-order valence-electron chi connectivity index (χ3n) is 5.89. The van der Waals surface area contributed by atoms with Crippen molar-refractivity contribution >= 4 is 23.7 Å². The van der Waals surface area contributed by atoms with Gasteiger partial charge in [-0.15, -0.1) is 0 Å². The number of hydrogen-bond donors (Lipinski definition) is 3. The third kappa shape index (κ3) is 11.5. The Morgan fingerprint density at radius 3 is 1.03 bits per heavy atom. The SMILES string of the molecule is CC(C)C(C)C(=O)CN1CCN(CC(=O)O)CCN(CC(=O)O)CCN(CC(=O)O)CC1. The summed E-state index contributed by atoms with van der Waals surface area (Å²) in [6.07, 6.45) is 0. The summed E-state index contributed by atoms with van der Waals surface area (Å²) in [5.74, 6) is -2.71. The molecule has 11 nitrogen and oxygen atoms in total. The maximum Gasteiger partial charge on any atom is 0.317 e. The number of carboxylic acids is 3. The first kappa shape index (κ1) is 28.0. The van der Waals surface area contributed by atoms with Gasteiger partial charge in [-0.05, 0) is 5.92 Å². The first-order valence-corrected chi connectivity index (χ1v) is 11.1. The van der Waals surface area contributed by atoms with Gasteiger partial charge in [-0.1, -0.05) is 20.8 Å². The van der Waals surface area contributed by atoms with Crippen LogP contribution in [0.5, 0.6) is 0 Å². The van der Waals surface area contributed by atoms with Crippen molar-refractivity contribution in [2.45, 2.75) is 20.8 Å². The number of ketones is 1. The Bertz CT molecular complexity index is 612. The molecule has 184 valence electrons. The lowest BCUT2D eigenvalue weighted by molar-refractivity contribution is -0.140. The second kappa shape index (κ2) is 14.1. The average Bonchev–Trinajstić information content (AvgIpc) is 2.67. The van der Waals surface area contributed by atoms with Crippen LogP contribution in [0.4, 0.5) is 0 Å². The van der Waals surface area contributed by atoms with Crippen molar-refractivity contribution in [1.82, 2.24) is 19.6 Å². The Hall–Kier alpha value is -2.08. The third-order valence-corrected chi connectivity index (χ3v) is 5.89. The molecule has 0 radical (unpaired) electrons. The van der Waals surface area contributed by atoms with Gasteiger partial charge in [-0.3, -0.25) is 38.8 Å². The zero-order valence-electron chi connectivity index (χ0n) is 19.4. The van der Waals surface area contributed by atoms with Crippen molar-refractivity contribution in [2.75, 3.05) is 78.5 Å². The molecule has 11 heteroatoms. The zero-order chi connectivity index (χ0) is 24.3. The number of rotatable bonds is 10. The minimum absolute atomic E-state index is 0.105. The first-order chi connectivity index (χ1) is 15.0. The fourth-order valence-electron chi connectivity index (χ4n) is 3.52. The second-order valence-electron chi connectivity index (χ2n) is 8.78. The van der Waals surface area contributed by atoms with E-state index in [1.807, 2.05) is 25.7 Å². The van der Waals surface area contributed by atoms with Crippen molar-refractivity contribution in [2.24, 2.45) is 11.8 Å². The van der Waals surface area contributed by atoms with Crippen molar-refractivity contribution in [3.05, 3.63) is 0 Å². The Balaban J connectivity index is 2.98. The summed E-state index contributed by atoms with van der Waals surface area (Å²) in [6.45, 7) is 8.75. The van der Waals surface area contributed by atoms with Gasteiger partial charge in [0.05, 0.1) is 26.2 Å². The molecule has 0 aliphatic carbocycles. The van der Waals surface area contributed by atoms with Crippen LogP contribution in [0.25, 0.3) is 0 Å². The van der Waals surface area contributed by atoms with Gasteiger partial charge in [0.15, 0.2) is 0 Å². The second-order valence-corrected chi connectivity index (χ2v) is 8.78. The van der Waals surface area contributed by atoms with Gasteiger partial charge in [-0.2, -0.15) is 0 Å². The van der Waals surface area contributed by atoms with E-state index in [9.17, 15) is 34.5 Å². The van der Waals surface area contributed by atoms with E-state index in [2.05, 4.69) is 0 Å². The quantitative estimate of drug-likeness (QED) is 0.383. The number of carbonyl (C=O) groups excluding carboxylic acids is 1. The number of aliphatic carboxylic acids is 3. The molecule has 1 atom stereocenters. The maximum atomic E-state index is 12.7. The minimum Gasteiger partial charge on any atom is -0.480 e. The fraction of sp³-hybridized carbons (Fsp3) is 0.810. The highest BCUT2D eigenvalue weighted by Crippen LogP contribution is 2.12. The molecule has 1 aliphatic heterocycles. The molecule has 0 saturated carbocycles. The molecule has 3 N–H and O–H groups in total. The molecule has 1 fully saturated rings. The van der Waals surface area contributed by atoms with Crippen molar-refractivity contribution in [3.8, 4) is 0 Å². The highest BCUT2D eigenvalue weighted by molar-refractivity contribution is 5.82. The molecule has 1 heterocycles. The van der Waals surface area contributed by atoms with Crippen LogP contribution in [0.1, 0.15) is 20.8 Å². The van der Waals surface area contributed by atoms with Gasteiger partial charge in [0.2, 0.25) is 0 Å². The molecule has 0 aromatic carbocycles.